The molecule has 6 heteroatoms. The van der Waals surface area contributed by atoms with Gasteiger partial charge in [0, 0.05) is 18.9 Å². The second-order valence-corrected chi connectivity index (χ2v) is 7.64. The van der Waals surface area contributed by atoms with E-state index in [2.05, 4.69) is 10.3 Å². The molecule has 1 amide bonds. The molecule has 146 valence electrons. The minimum Gasteiger partial charge on any atom is -0.391 e. The first-order valence-electron chi connectivity index (χ1n) is 9.63. The number of benzene rings is 1. The highest BCUT2D eigenvalue weighted by molar-refractivity contribution is 5.79. The molecular weight excluding hydrogens is 342 g/mol. The first-order chi connectivity index (χ1) is 13.0. The Morgan fingerprint density at radius 2 is 2.11 bits per heavy atom. The van der Waals surface area contributed by atoms with Crippen LogP contribution in [-0.4, -0.2) is 38.8 Å². The molecule has 6 nitrogen and oxygen atoms in total. The van der Waals surface area contributed by atoms with Crippen LogP contribution in [0.1, 0.15) is 37.8 Å². The lowest BCUT2D eigenvalue weighted by atomic mass is 10.0. The van der Waals surface area contributed by atoms with Crippen LogP contribution < -0.4 is 5.32 Å². The molecule has 0 radical (unpaired) electrons. The van der Waals surface area contributed by atoms with E-state index in [4.69, 9.17) is 4.74 Å². The number of carbonyl (C=O) groups is 1. The van der Waals surface area contributed by atoms with Crippen molar-refractivity contribution in [3.63, 3.8) is 0 Å². The fraction of sp³-hybridized carbons (Fsp3) is 0.524. The first-order valence-corrected chi connectivity index (χ1v) is 9.63. The van der Waals surface area contributed by atoms with Crippen molar-refractivity contribution < 1.29 is 14.6 Å². The summed E-state index contributed by atoms with van der Waals surface area (Å²) in [6.45, 7) is 5.31. The summed E-state index contributed by atoms with van der Waals surface area (Å²) in [6.07, 6.45) is 6.89. The van der Waals surface area contributed by atoms with Crippen LogP contribution in [0.2, 0.25) is 0 Å². The number of imidazole rings is 1. The van der Waals surface area contributed by atoms with E-state index in [1.165, 1.54) is 0 Å². The highest BCUT2D eigenvalue weighted by Gasteiger charge is 2.34. The van der Waals surface area contributed by atoms with Crippen molar-refractivity contribution in [1.82, 2.24) is 14.9 Å². The first kappa shape index (κ1) is 19.6. The van der Waals surface area contributed by atoms with E-state index in [-0.39, 0.29) is 18.1 Å². The predicted molar refractivity (Wildman–Crippen MR) is 103 cm³/mol. The Morgan fingerprint density at radius 3 is 2.81 bits per heavy atom. The normalized spacial score (nSPS) is 22.3. The van der Waals surface area contributed by atoms with Gasteiger partial charge in [-0.05, 0) is 43.7 Å². The average molecular weight is 371 g/mol. The molecular formula is C21H29N3O3. The van der Waals surface area contributed by atoms with Crippen LogP contribution >= 0.6 is 0 Å². The Hall–Kier alpha value is -2.18. The largest absolute Gasteiger partial charge is 0.391 e. The lowest BCUT2D eigenvalue weighted by molar-refractivity contribution is -0.121. The van der Waals surface area contributed by atoms with Crippen LogP contribution in [-0.2, 0) is 29.1 Å². The van der Waals surface area contributed by atoms with Crippen molar-refractivity contribution in [2.75, 3.05) is 0 Å². The standard InChI is InChI=1S/C21H29N3O3/c1-15(2)27-13-18-6-4-3-5-17(18)11-21(26)23-19-9-16(10-20(19)25)12-24-8-7-22-14-24/h3-8,14-16,19-20,25H,9-13H2,1-2H3,(H,23,26)/t16?,19-,20-/m1/s1. The fourth-order valence-electron chi connectivity index (χ4n) is 3.67. The minimum absolute atomic E-state index is 0.0562. The zero-order chi connectivity index (χ0) is 19.2. The average Bonchev–Trinajstić information content (AvgIpc) is 3.24. The van der Waals surface area contributed by atoms with E-state index in [9.17, 15) is 9.90 Å². The molecule has 0 spiro atoms. The molecule has 2 aromatic rings. The molecule has 0 bridgehead atoms. The highest BCUT2D eigenvalue weighted by Crippen LogP contribution is 2.27. The summed E-state index contributed by atoms with van der Waals surface area (Å²) < 4.78 is 7.71. The molecule has 1 aliphatic carbocycles. The number of aliphatic hydroxyl groups is 1. The fourth-order valence-corrected chi connectivity index (χ4v) is 3.67. The van der Waals surface area contributed by atoms with E-state index in [1.54, 1.807) is 12.5 Å². The third-order valence-corrected chi connectivity index (χ3v) is 5.04. The van der Waals surface area contributed by atoms with E-state index in [1.807, 2.05) is 48.9 Å². The van der Waals surface area contributed by atoms with E-state index < -0.39 is 6.10 Å². The number of aliphatic hydroxyl groups excluding tert-OH is 1. The smallest absolute Gasteiger partial charge is 0.224 e. The van der Waals surface area contributed by atoms with E-state index in [0.29, 0.717) is 25.4 Å². The number of hydrogen-bond acceptors (Lipinski definition) is 4. The van der Waals surface area contributed by atoms with Crippen molar-refractivity contribution in [1.29, 1.82) is 0 Å². The number of aromatic nitrogens is 2. The molecule has 1 aliphatic rings. The summed E-state index contributed by atoms with van der Waals surface area (Å²) in [6, 6.07) is 7.67. The van der Waals surface area contributed by atoms with Crippen LogP contribution in [0.25, 0.3) is 0 Å². The predicted octanol–water partition coefficient (Wildman–Crippen LogP) is 2.31. The Bertz CT molecular complexity index is 730. The molecule has 1 unspecified atom stereocenters. The second kappa shape index (κ2) is 9.15. The molecule has 2 N–H and O–H groups in total. The van der Waals surface area contributed by atoms with Crippen molar-refractivity contribution in [3.8, 4) is 0 Å². The number of nitrogens with zero attached hydrogens (tertiary/aromatic N) is 2. The van der Waals surface area contributed by atoms with Crippen LogP contribution in [0.4, 0.5) is 0 Å². The summed E-state index contributed by atoms with van der Waals surface area (Å²) in [5.74, 6) is 0.283. The highest BCUT2D eigenvalue weighted by atomic mass is 16.5. The van der Waals surface area contributed by atoms with Gasteiger partial charge < -0.3 is 19.7 Å². The second-order valence-electron chi connectivity index (χ2n) is 7.64. The Morgan fingerprint density at radius 1 is 1.33 bits per heavy atom. The molecule has 3 atom stereocenters. The molecule has 1 saturated carbocycles. The van der Waals surface area contributed by atoms with Crippen molar-refractivity contribution >= 4 is 5.91 Å². The number of amides is 1. The lowest BCUT2D eigenvalue weighted by Crippen LogP contribution is -2.40. The SMILES string of the molecule is CC(C)OCc1ccccc1CC(=O)N[C@@H]1CC(Cn2ccnc2)C[C@H]1O. The molecule has 27 heavy (non-hydrogen) atoms. The third-order valence-electron chi connectivity index (χ3n) is 5.04. The Balaban J connectivity index is 1.53. The Labute approximate surface area is 160 Å². The lowest BCUT2D eigenvalue weighted by Gasteiger charge is -2.17. The topological polar surface area (TPSA) is 76.4 Å². The monoisotopic (exact) mass is 371 g/mol. The molecule has 1 aromatic heterocycles. The summed E-state index contributed by atoms with van der Waals surface area (Å²) in [7, 11) is 0. The van der Waals surface area contributed by atoms with Gasteiger partial charge in [0.2, 0.25) is 5.91 Å². The molecule has 3 rings (SSSR count). The van der Waals surface area contributed by atoms with Gasteiger partial charge in [-0.1, -0.05) is 24.3 Å². The summed E-state index contributed by atoms with van der Waals surface area (Å²) >= 11 is 0. The van der Waals surface area contributed by atoms with Crippen molar-refractivity contribution in [3.05, 3.63) is 54.1 Å². The maximum atomic E-state index is 12.5. The summed E-state index contributed by atoms with van der Waals surface area (Å²) in [5.41, 5.74) is 2.00. The quantitative estimate of drug-likeness (QED) is 0.747. The van der Waals surface area contributed by atoms with E-state index in [0.717, 1.165) is 24.1 Å². The molecule has 0 aliphatic heterocycles. The zero-order valence-corrected chi connectivity index (χ0v) is 16.0. The van der Waals surface area contributed by atoms with Crippen LogP contribution in [0, 0.1) is 5.92 Å². The van der Waals surface area contributed by atoms with Gasteiger partial charge in [0.1, 0.15) is 0 Å². The van der Waals surface area contributed by atoms with Gasteiger partial charge in [0.15, 0.2) is 0 Å². The van der Waals surface area contributed by atoms with Crippen molar-refractivity contribution in [2.45, 2.75) is 64.5 Å². The number of nitrogens with one attached hydrogen (secondary N) is 1. The number of hydrogen-bond donors (Lipinski definition) is 2. The maximum absolute atomic E-state index is 12.5. The van der Waals surface area contributed by atoms with Crippen LogP contribution in [0.5, 0.6) is 0 Å². The Kier molecular flexibility index (Phi) is 6.63. The van der Waals surface area contributed by atoms with Crippen molar-refractivity contribution in [2.24, 2.45) is 5.92 Å². The molecule has 1 fully saturated rings. The minimum atomic E-state index is -0.498. The maximum Gasteiger partial charge on any atom is 0.224 e. The molecule has 0 saturated heterocycles. The van der Waals surface area contributed by atoms with Gasteiger partial charge in [0.25, 0.3) is 0 Å². The summed E-state index contributed by atoms with van der Waals surface area (Å²) in [5, 5.41) is 13.4. The van der Waals surface area contributed by atoms with Gasteiger partial charge in [-0.15, -0.1) is 0 Å². The zero-order valence-electron chi connectivity index (χ0n) is 16.0. The van der Waals surface area contributed by atoms with Gasteiger partial charge in [-0.25, -0.2) is 4.98 Å². The summed E-state index contributed by atoms with van der Waals surface area (Å²) in [4.78, 5) is 16.6. The molecule has 1 aromatic carbocycles. The molecule has 1 heterocycles. The number of carbonyl (C=O) groups excluding carboxylic acids is 1. The number of ether oxygens (including phenoxy) is 1. The van der Waals surface area contributed by atoms with Gasteiger partial charge >= 0.3 is 0 Å². The van der Waals surface area contributed by atoms with Crippen LogP contribution in [0.3, 0.4) is 0 Å². The van der Waals surface area contributed by atoms with Gasteiger partial charge in [-0.3, -0.25) is 4.79 Å². The third kappa shape index (κ3) is 5.65. The number of rotatable bonds is 8. The van der Waals surface area contributed by atoms with Gasteiger partial charge in [-0.2, -0.15) is 0 Å². The van der Waals surface area contributed by atoms with Gasteiger partial charge in [0.05, 0.1) is 37.6 Å². The van der Waals surface area contributed by atoms with E-state index >= 15 is 0 Å². The van der Waals surface area contributed by atoms with Crippen LogP contribution in [0.15, 0.2) is 43.0 Å².